The minimum absolute atomic E-state index is 0.0137. The number of aromatic carboxylic acids is 1. The molecule has 21 heavy (non-hydrogen) atoms. The van der Waals surface area contributed by atoms with Gasteiger partial charge < -0.3 is 5.11 Å². The van der Waals surface area contributed by atoms with E-state index in [1.165, 1.54) is 12.4 Å². The molecule has 10 heteroatoms. The van der Waals surface area contributed by atoms with Crippen LogP contribution in [-0.2, 0) is 16.6 Å². The summed E-state index contributed by atoms with van der Waals surface area (Å²) in [4.78, 5) is 10.6. The average molecular weight is 350 g/mol. The number of hydrogen-bond acceptors (Lipinski definition) is 4. The molecule has 0 aliphatic carbocycles. The fourth-order valence-corrected chi connectivity index (χ4v) is 3.40. The van der Waals surface area contributed by atoms with E-state index in [9.17, 15) is 13.2 Å². The first kappa shape index (κ1) is 15.8. The topological polar surface area (TPSA) is 112 Å². The van der Waals surface area contributed by atoms with Crippen molar-refractivity contribution in [2.24, 2.45) is 0 Å². The van der Waals surface area contributed by atoms with E-state index in [2.05, 4.69) is 14.9 Å². The van der Waals surface area contributed by atoms with Crippen molar-refractivity contribution in [2.45, 2.75) is 11.4 Å². The second-order valence-electron chi connectivity index (χ2n) is 4.00. The molecular formula is C11H9Cl2N3O4S. The standard InChI is InChI=1S/C11H9Cl2N3O4S/c12-8-2-9(13)10(1-7(8)11(17)18)21(19,20)16-5-6-3-14-15-4-6/h1-4,16H,5H2,(H,14,15)(H,17,18). The minimum Gasteiger partial charge on any atom is -0.478 e. The van der Waals surface area contributed by atoms with Crippen LogP contribution in [0.4, 0.5) is 0 Å². The van der Waals surface area contributed by atoms with Crippen LogP contribution in [0.1, 0.15) is 15.9 Å². The predicted octanol–water partition coefficient (Wildman–Crippen LogP) is 1.89. The van der Waals surface area contributed by atoms with Crippen molar-refractivity contribution in [3.05, 3.63) is 45.7 Å². The van der Waals surface area contributed by atoms with E-state index in [1.807, 2.05) is 0 Å². The van der Waals surface area contributed by atoms with Crippen LogP contribution in [0.3, 0.4) is 0 Å². The molecule has 1 heterocycles. The summed E-state index contributed by atoms with van der Waals surface area (Å²) in [6, 6.07) is 2.00. The first-order valence-corrected chi connectivity index (χ1v) is 7.75. The summed E-state index contributed by atoms with van der Waals surface area (Å²) in [6.07, 6.45) is 2.98. The highest BCUT2D eigenvalue weighted by Gasteiger charge is 2.22. The van der Waals surface area contributed by atoms with Gasteiger partial charge in [0.25, 0.3) is 0 Å². The van der Waals surface area contributed by atoms with Gasteiger partial charge in [-0.25, -0.2) is 17.9 Å². The lowest BCUT2D eigenvalue weighted by Gasteiger charge is -2.09. The molecule has 0 unspecified atom stereocenters. The molecule has 0 aliphatic rings. The summed E-state index contributed by atoms with van der Waals surface area (Å²) >= 11 is 11.5. The number of benzene rings is 1. The maximum Gasteiger partial charge on any atom is 0.337 e. The Kier molecular flexibility index (Phi) is 4.52. The number of carboxylic acid groups (broad SMARTS) is 1. The van der Waals surface area contributed by atoms with Gasteiger partial charge in [-0.2, -0.15) is 5.10 Å². The van der Waals surface area contributed by atoms with Crippen molar-refractivity contribution in [2.75, 3.05) is 0 Å². The van der Waals surface area contributed by atoms with Gasteiger partial charge in [0.15, 0.2) is 0 Å². The fraction of sp³-hybridized carbons (Fsp3) is 0.0909. The Morgan fingerprint density at radius 2 is 2.05 bits per heavy atom. The molecule has 1 aromatic heterocycles. The molecule has 0 radical (unpaired) electrons. The van der Waals surface area contributed by atoms with Crippen LogP contribution in [0.25, 0.3) is 0 Å². The monoisotopic (exact) mass is 349 g/mol. The highest BCUT2D eigenvalue weighted by Crippen LogP contribution is 2.28. The van der Waals surface area contributed by atoms with E-state index in [0.717, 1.165) is 12.1 Å². The van der Waals surface area contributed by atoms with Crippen molar-refractivity contribution in [3.8, 4) is 0 Å². The number of halogens is 2. The van der Waals surface area contributed by atoms with E-state index < -0.39 is 16.0 Å². The summed E-state index contributed by atoms with van der Waals surface area (Å²) in [7, 11) is -3.99. The number of aromatic amines is 1. The van der Waals surface area contributed by atoms with Crippen molar-refractivity contribution >= 4 is 39.2 Å². The second-order valence-corrected chi connectivity index (χ2v) is 6.55. The molecule has 0 saturated heterocycles. The predicted molar refractivity (Wildman–Crippen MR) is 76.0 cm³/mol. The third-order valence-corrected chi connectivity index (χ3v) is 4.74. The first-order valence-electron chi connectivity index (χ1n) is 5.51. The summed E-state index contributed by atoms with van der Waals surface area (Å²) < 4.78 is 26.6. The zero-order valence-electron chi connectivity index (χ0n) is 10.3. The number of rotatable bonds is 5. The maximum atomic E-state index is 12.2. The number of aromatic nitrogens is 2. The number of carbonyl (C=O) groups is 1. The van der Waals surface area contributed by atoms with Gasteiger partial charge in [-0.05, 0) is 12.1 Å². The van der Waals surface area contributed by atoms with Crippen LogP contribution in [0.2, 0.25) is 10.0 Å². The van der Waals surface area contributed by atoms with Crippen LogP contribution in [0, 0.1) is 0 Å². The third-order valence-electron chi connectivity index (χ3n) is 2.56. The molecule has 0 atom stereocenters. The average Bonchev–Trinajstić information content (AvgIpc) is 2.88. The van der Waals surface area contributed by atoms with Crippen molar-refractivity contribution in [1.29, 1.82) is 0 Å². The number of nitrogens with zero attached hydrogens (tertiary/aromatic N) is 1. The Bertz CT molecular complexity index is 775. The van der Waals surface area contributed by atoms with E-state index >= 15 is 0 Å². The van der Waals surface area contributed by atoms with E-state index in [4.69, 9.17) is 28.3 Å². The van der Waals surface area contributed by atoms with Gasteiger partial charge in [0.2, 0.25) is 10.0 Å². The van der Waals surface area contributed by atoms with Gasteiger partial charge in [-0.3, -0.25) is 5.10 Å². The van der Waals surface area contributed by atoms with Crippen LogP contribution >= 0.6 is 23.2 Å². The van der Waals surface area contributed by atoms with E-state index in [-0.39, 0.29) is 27.0 Å². The Hall–Kier alpha value is -1.61. The van der Waals surface area contributed by atoms with Gasteiger partial charge in [-0.1, -0.05) is 23.2 Å². The zero-order valence-corrected chi connectivity index (χ0v) is 12.6. The largest absolute Gasteiger partial charge is 0.478 e. The van der Waals surface area contributed by atoms with Crippen LogP contribution in [0.15, 0.2) is 29.4 Å². The lowest BCUT2D eigenvalue weighted by molar-refractivity contribution is 0.0697. The molecule has 0 saturated carbocycles. The molecule has 0 amide bonds. The molecule has 2 rings (SSSR count). The van der Waals surface area contributed by atoms with Crippen molar-refractivity contribution < 1.29 is 18.3 Å². The Morgan fingerprint density at radius 3 is 2.62 bits per heavy atom. The first-order chi connectivity index (χ1) is 9.81. The summed E-state index contributed by atoms with van der Waals surface area (Å²) in [5.41, 5.74) is 0.270. The molecule has 3 N–H and O–H groups in total. The highest BCUT2D eigenvalue weighted by atomic mass is 35.5. The number of nitrogens with one attached hydrogen (secondary N) is 2. The Morgan fingerprint density at radius 1 is 1.33 bits per heavy atom. The maximum absolute atomic E-state index is 12.2. The van der Waals surface area contributed by atoms with E-state index in [1.54, 1.807) is 0 Å². The van der Waals surface area contributed by atoms with Crippen LogP contribution in [0.5, 0.6) is 0 Å². The summed E-state index contributed by atoms with van der Waals surface area (Å²) in [6.45, 7) is -0.0137. The molecule has 1 aromatic carbocycles. The van der Waals surface area contributed by atoms with Gasteiger partial charge >= 0.3 is 5.97 Å². The quantitative estimate of drug-likeness (QED) is 0.762. The zero-order chi connectivity index (χ0) is 15.6. The van der Waals surface area contributed by atoms with Crippen LogP contribution in [-0.4, -0.2) is 29.7 Å². The molecule has 2 aromatic rings. The van der Waals surface area contributed by atoms with Gasteiger partial charge in [0.1, 0.15) is 4.90 Å². The lowest BCUT2D eigenvalue weighted by atomic mass is 10.2. The fourth-order valence-electron chi connectivity index (χ4n) is 1.53. The number of sulfonamides is 1. The van der Waals surface area contributed by atoms with E-state index in [0.29, 0.717) is 5.56 Å². The highest BCUT2D eigenvalue weighted by molar-refractivity contribution is 7.89. The van der Waals surface area contributed by atoms with Crippen LogP contribution < -0.4 is 4.72 Å². The lowest BCUT2D eigenvalue weighted by Crippen LogP contribution is -2.23. The van der Waals surface area contributed by atoms with Gasteiger partial charge in [0, 0.05) is 18.3 Å². The van der Waals surface area contributed by atoms with Gasteiger partial charge in [0.05, 0.1) is 21.8 Å². The van der Waals surface area contributed by atoms with Crippen molar-refractivity contribution in [1.82, 2.24) is 14.9 Å². The number of H-pyrrole nitrogens is 1. The SMILES string of the molecule is O=C(O)c1cc(S(=O)(=O)NCc2cn[nH]c2)c(Cl)cc1Cl. The molecular weight excluding hydrogens is 341 g/mol. The molecule has 0 bridgehead atoms. The summed E-state index contributed by atoms with van der Waals surface area (Å²) in [5, 5.41) is 14.9. The third kappa shape index (κ3) is 3.53. The number of hydrogen-bond donors (Lipinski definition) is 3. The smallest absolute Gasteiger partial charge is 0.337 e. The molecule has 0 aliphatic heterocycles. The second kappa shape index (κ2) is 6.02. The van der Waals surface area contributed by atoms with Gasteiger partial charge in [-0.15, -0.1) is 0 Å². The number of carboxylic acids is 1. The molecule has 0 fully saturated rings. The Labute approximate surface area is 129 Å². The normalized spacial score (nSPS) is 11.5. The molecule has 7 nitrogen and oxygen atoms in total. The van der Waals surface area contributed by atoms with Crippen molar-refractivity contribution in [3.63, 3.8) is 0 Å². The minimum atomic E-state index is -3.99. The Balaban J connectivity index is 2.35. The molecule has 112 valence electrons. The molecule has 0 spiro atoms. The summed E-state index contributed by atoms with van der Waals surface area (Å²) in [5.74, 6) is -1.34.